The van der Waals surface area contributed by atoms with Gasteiger partial charge in [0, 0.05) is 26.6 Å². The van der Waals surface area contributed by atoms with Crippen LogP contribution in [0.25, 0.3) is 0 Å². The lowest BCUT2D eigenvalue weighted by Crippen LogP contribution is -2.34. The standard InChI is InChI=1S/C18H20N2O4/c1-19(10-13-4-2-5-15(21)8-13)18(23)14-9-17(22)20(11-14)12-16-6-3-7-24-16/h2-8,14,21H,9-12H2,1H3/t14-/m0/s1. The van der Waals surface area contributed by atoms with Crippen LogP contribution in [-0.4, -0.2) is 40.3 Å². The van der Waals surface area contributed by atoms with Crippen LogP contribution in [0, 0.1) is 5.92 Å². The smallest absolute Gasteiger partial charge is 0.228 e. The van der Waals surface area contributed by atoms with E-state index in [1.807, 2.05) is 12.1 Å². The molecule has 1 aliphatic heterocycles. The van der Waals surface area contributed by atoms with Crippen molar-refractivity contribution >= 4 is 11.8 Å². The summed E-state index contributed by atoms with van der Waals surface area (Å²) in [5.74, 6) is 0.456. The van der Waals surface area contributed by atoms with Crippen molar-refractivity contribution in [3.63, 3.8) is 0 Å². The summed E-state index contributed by atoms with van der Waals surface area (Å²) in [5.41, 5.74) is 0.850. The summed E-state index contributed by atoms with van der Waals surface area (Å²) >= 11 is 0. The molecule has 6 heteroatoms. The quantitative estimate of drug-likeness (QED) is 0.911. The molecule has 1 aromatic heterocycles. The second-order valence-corrected chi connectivity index (χ2v) is 6.12. The predicted molar refractivity (Wildman–Crippen MR) is 86.8 cm³/mol. The van der Waals surface area contributed by atoms with Crippen molar-refractivity contribution in [2.75, 3.05) is 13.6 Å². The Morgan fingerprint density at radius 3 is 2.92 bits per heavy atom. The van der Waals surface area contributed by atoms with Crippen LogP contribution >= 0.6 is 0 Å². The van der Waals surface area contributed by atoms with Gasteiger partial charge in [-0.1, -0.05) is 12.1 Å². The molecule has 1 N–H and O–H groups in total. The van der Waals surface area contributed by atoms with Gasteiger partial charge in [0.15, 0.2) is 0 Å². The van der Waals surface area contributed by atoms with E-state index in [1.165, 1.54) is 0 Å². The Morgan fingerprint density at radius 1 is 1.38 bits per heavy atom. The maximum absolute atomic E-state index is 12.6. The molecule has 2 amide bonds. The van der Waals surface area contributed by atoms with E-state index in [9.17, 15) is 14.7 Å². The molecule has 0 aliphatic carbocycles. The van der Waals surface area contributed by atoms with Crippen molar-refractivity contribution in [1.82, 2.24) is 9.80 Å². The lowest BCUT2D eigenvalue weighted by Gasteiger charge is -2.21. The first-order chi connectivity index (χ1) is 11.5. The van der Waals surface area contributed by atoms with Crippen LogP contribution in [-0.2, 0) is 22.7 Å². The van der Waals surface area contributed by atoms with Gasteiger partial charge in [-0.25, -0.2) is 0 Å². The van der Waals surface area contributed by atoms with Crippen LogP contribution in [0.4, 0.5) is 0 Å². The lowest BCUT2D eigenvalue weighted by atomic mass is 10.1. The number of aromatic hydroxyl groups is 1. The van der Waals surface area contributed by atoms with Gasteiger partial charge in [0.25, 0.3) is 0 Å². The first kappa shape index (κ1) is 16.1. The van der Waals surface area contributed by atoms with Crippen LogP contribution in [0.1, 0.15) is 17.7 Å². The average molecular weight is 328 g/mol. The summed E-state index contributed by atoms with van der Waals surface area (Å²) in [6, 6.07) is 10.4. The van der Waals surface area contributed by atoms with Gasteiger partial charge in [-0.3, -0.25) is 9.59 Å². The molecular formula is C18H20N2O4. The molecule has 0 saturated carbocycles. The largest absolute Gasteiger partial charge is 0.508 e. The molecule has 1 atom stereocenters. The number of carbonyl (C=O) groups is 2. The van der Waals surface area contributed by atoms with E-state index in [4.69, 9.17) is 4.42 Å². The van der Waals surface area contributed by atoms with Crippen LogP contribution in [0.2, 0.25) is 0 Å². The van der Waals surface area contributed by atoms with Gasteiger partial charge in [-0.05, 0) is 29.8 Å². The molecule has 3 rings (SSSR count). The van der Waals surface area contributed by atoms with Crippen molar-refractivity contribution in [3.8, 4) is 5.75 Å². The molecule has 2 heterocycles. The second kappa shape index (κ2) is 6.78. The Labute approximate surface area is 140 Å². The molecule has 24 heavy (non-hydrogen) atoms. The highest BCUT2D eigenvalue weighted by Gasteiger charge is 2.35. The van der Waals surface area contributed by atoms with E-state index in [-0.39, 0.29) is 29.9 Å². The van der Waals surface area contributed by atoms with Gasteiger partial charge >= 0.3 is 0 Å². The highest BCUT2D eigenvalue weighted by atomic mass is 16.3. The maximum atomic E-state index is 12.6. The third-order valence-corrected chi connectivity index (χ3v) is 4.20. The van der Waals surface area contributed by atoms with Gasteiger partial charge in [0.05, 0.1) is 18.7 Å². The van der Waals surface area contributed by atoms with Gasteiger partial charge in [-0.15, -0.1) is 0 Å². The Kier molecular flexibility index (Phi) is 4.55. The van der Waals surface area contributed by atoms with Crippen LogP contribution in [0.3, 0.4) is 0 Å². The number of phenols is 1. The number of furan rings is 1. The van der Waals surface area contributed by atoms with Gasteiger partial charge in [-0.2, -0.15) is 0 Å². The minimum Gasteiger partial charge on any atom is -0.508 e. The van der Waals surface area contributed by atoms with E-state index in [1.54, 1.807) is 47.4 Å². The monoisotopic (exact) mass is 328 g/mol. The van der Waals surface area contributed by atoms with Crippen molar-refractivity contribution < 1.29 is 19.1 Å². The Hall–Kier alpha value is -2.76. The molecule has 1 fully saturated rings. The highest BCUT2D eigenvalue weighted by molar-refractivity contribution is 5.89. The number of likely N-dealkylation sites (tertiary alicyclic amines) is 1. The van der Waals surface area contributed by atoms with E-state index in [0.29, 0.717) is 25.4 Å². The third-order valence-electron chi connectivity index (χ3n) is 4.20. The first-order valence-corrected chi connectivity index (χ1v) is 7.86. The number of hydrogen-bond acceptors (Lipinski definition) is 4. The minimum absolute atomic E-state index is 0.0319. The number of hydrogen-bond donors (Lipinski definition) is 1. The Balaban J connectivity index is 1.59. The van der Waals surface area contributed by atoms with Crippen molar-refractivity contribution in [2.45, 2.75) is 19.5 Å². The summed E-state index contributed by atoms with van der Waals surface area (Å²) in [4.78, 5) is 28.0. The van der Waals surface area contributed by atoms with Crippen molar-refractivity contribution in [2.24, 2.45) is 5.92 Å². The van der Waals surface area contributed by atoms with Crippen LogP contribution in [0.5, 0.6) is 5.75 Å². The Bertz CT molecular complexity index is 726. The molecule has 0 unspecified atom stereocenters. The lowest BCUT2D eigenvalue weighted by molar-refractivity contribution is -0.135. The highest BCUT2D eigenvalue weighted by Crippen LogP contribution is 2.23. The van der Waals surface area contributed by atoms with E-state index in [2.05, 4.69) is 0 Å². The molecule has 1 saturated heterocycles. The van der Waals surface area contributed by atoms with Crippen LogP contribution < -0.4 is 0 Å². The molecule has 0 spiro atoms. The van der Waals surface area contributed by atoms with E-state index in [0.717, 1.165) is 5.56 Å². The molecule has 1 aromatic carbocycles. The fourth-order valence-corrected chi connectivity index (χ4v) is 3.00. The third kappa shape index (κ3) is 3.59. The molecule has 6 nitrogen and oxygen atoms in total. The number of phenolic OH excluding ortho intramolecular Hbond substituents is 1. The molecule has 0 bridgehead atoms. The number of carbonyl (C=O) groups excluding carboxylic acids is 2. The van der Waals surface area contributed by atoms with Crippen LogP contribution in [0.15, 0.2) is 47.1 Å². The molecule has 2 aromatic rings. The number of amides is 2. The topological polar surface area (TPSA) is 74.0 Å². The SMILES string of the molecule is CN(Cc1cccc(O)c1)C(=O)[C@H]1CC(=O)N(Cc2ccco2)C1. The molecule has 1 aliphatic rings. The van der Waals surface area contributed by atoms with E-state index >= 15 is 0 Å². The van der Waals surface area contributed by atoms with Crippen molar-refractivity contribution in [3.05, 3.63) is 54.0 Å². The minimum atomic E-state index is -0.338. The van der Waals surface area contributed by atoms with Crippen molar-refractivity contribution in [1.29, 1.82) is 0 Å². The summed E-state index contributed by atoms with van der Waals surface area (Å²) in [7, 11) is 1.71. The predicted octanol–water partition coefficient (Wildman–Crippen LogP) is 1.99. The molecule has 0 radical (unpaired) electrons. The zero-order valence-corrected chi connectivity index (χ0v) is 13.5. The summed E-state index contributed by atoms with van der Waals surface area (Å²) < 4.78 is 5.26. The summed E-state index contributed by atoms with van der Waals surface area (Å²) in [6.07, 6.45) is 1.80. The van der Waals surface area contributed by atoms with Gasteiger partial charge in [0.2, 0.25) is 11.8 Å². The maximum Gasteiger partial charge on any atom is 0.228 e. The Morgan fingerprint density at radius 2 is 2.21 bits per heavy atom. The fourth-order valence-electron chi connectivity index (χ4n) is 3.00. The van der Waals surface area contributed by atoms with Gasteiger partial charge in [0.1, 0.15) is 11.5 Å². The second-order valence-electron chi connectivity index (χ2n) is 6.12. The van der Waals surface area contributed by atoms with Gasteiger partial charge < -0.3 is 19.3 Å². The molecule has 126 valence electrons. The summed E-state index contributed by atoms with van der Waals surface area (Å²) in [6.45, 7) is 1.20. The summed E-state index contributed by atoms with van der Waals surface area (Å²) in [5, 5.41) is 9.50. The fraction of sp³-hybridized carbons (Fsp3) is 0.333. The van der Waals surface area contributed by atoms with E-state index < -0.39 is 0 Å². The number of rotatable bonds is 5. The normalized spacial score (nSPS) is 17.3. The first-order valence-electron chi connectivity index (χ1n) is 7.86. The molecular weight excluding hydrogens is 308 g/mol. The zero-order valence-electron chi connectivity index (χ0n) is 13.5. The number of benzene rings is 1. The number of nitrogens with zero attached hydrogens (tertiary/aromatic N) is 2. The zero-order chi connectivity index (χ0) is 17.1. The average Bonchev–Trinajstić information content (AvgIpc) is 3.17.